The molecule has 15 heteroatoms. The summed E-state index contributed by atoms with van der Waals surface area (Å²) < 4.78 is 84.1. The van der Waals surface area contributed by atoms with Gasteiger partial charge in [0.15, 0.2) is 6.71 Å². The fourth-order valence-electron chi connectivity index (χ4n) is 14.0. The van der Waals surface area contributed by atoms with Crippen molar-refractivity contribution in [3.63, 3.8) is 0 Å². The lowest BCUT2D eigenvalue weighted by molar-refractivity contribution is -0.0305. The van der Waals surface area contributed by atoms with E-state index in [0.29, 0.717) is 64.7 Å². The molecule has 0 aromatic heterocycles. The summed E-state index contributed by atoms with van der Waals surface area (Å²) in [6.07, 6.45) is 3.81. The van der Waals surface area contributed by atoms with Crippen LogP contribution in [0.3, 0.4) is 0 Å². The number of hydrogen-bond donors (Lipinski definition) is 0. The normalized spacial score (nSPS) is 14.9. The third-order valence-electron chi connectivity index (χ3n) is 18.3. The molecule has 0 bridgehead atoms. The van der Waals surface area contributed by atoms with Gasteiger partial charge in [0, 0.05) is 15.5 Å². The molecule has 1 aromatic rings. The van der Waals surface area contributed by atoms with Crippen LogP contribution in [0.4, 0.5) is 25.2 Å². The fraction of sp³-hybridized carbons (Fsp3) is 0.926. The van der Waals surface area contributed by atoms with Crippen molar-refractivity contribution < 1.29 is 25.2 Å². The summed E-state index contributed by atoms with van der Waals surface area (Å²) >= 11 is 0. The quantitative estimate of drug-likeness (QED) is 0.117. The van der Waals surface area contributed by atoms with Crippen LogP contribution in [-0.4, -0.2) is 95.4 Å². The number of nitrogens with zero attached hydrogens (tertiary/aromatic N) is 2. The van der Waals surface area contributed by atoms with E-state index in [9.17, 15) is 25.2 Å². The predicted octanol–water partition coefficient (Wildman–Crippen LogP) is 30.2. The Balaban J connectivity index is -0.000000247. The van der Waals surface area contributed by atoms with Crippen LogP contribution in [0.2, 0.25) is 99.4 Å². The maximum atomic E-state index is 14.3. The number of halogens is 6. The van der Waals surface area contributed by atoms with Crippen molar-refractivity contribution in [1.82, 2.24) is 9.62 Å². The molecule has 0 aliphatic carbocycles. The molecule has 1 atom stereocenters. The molecule has 1 rings (SSSR count). The minimum atomic E-state index is -4.11. The Bertz CT molecular complexity index is 2140. The topological polar surface area (TPSA) is 6.48 Å². The zero-order valence-electron chi connectivity index (χ0n) is 75.2. The number of hydrogen-bond acceptors (Lipinski definition) is 2. The highest BCUT2D eigenvalue weighted by Gasteiger charge is 2.61. The third kappa shape index (κ3) is 45.8. The average Bonchev–Trinajstić information content (AvgIpc) is 0.756. The highest BCUT2D eigenvalue weighted by molar-refractivity contribution is 6.82. The zero-order valence-corrected chi connectivity index (χ0v) is 79.2. The van der Waals surface area contributed by atoms with Gasteiger partial charge in [0.1, 0.15) is 8.07 Å². The first-order chi connectivity index (χ1) is 40.7. The molecule has 0 N–H and O–H groups in total. The summed E-state index contributed by atoms with van der Waals surface area (Å²) in [5.41, 5.74) is -0.394. The summed E-state index contributed by atoms with van der Waals surface area (Å²) in [5, 5.41) is -1.05. The molecule has 0 spiro atoms. The van der Waals surface area contributed by atoms with Gasteiger partial charge in [-0.3, -0.25) is 8.22 Å². The first kappa shape index (κ1) is 107. The van der Waals surface area contributed by atoms with Crippen LogP contribution in [0.1, 0.15) is 318 Å². The van der Waals surface area contributed by atoms with Crippen LogP contribution in [0.25, 0.3) is 0 Å². The van der Waals surface area contributed by atoms with E-state index in [1.54, 1.807) is 75.4 Å². The van der Waals surface area contributed by atoms with Crippen LogP contribution in [-0.2, 0) is 0 Å². The largest absolute Gasteiger partial charge is 0.435 e. The van der Waals surface area contributed by atoms with Gasteiger partial charge in [-0.05, 0) is 105 Å². The Morgan fingerprint density at radius 2 is 0.656 bits per heavy atom. The van der Waals surface area contributed by atoms with E-state index in [4.69, 9.17) is 0 Å². The Hall–Kier alpha value is -0.218. The maximum Gasteiger partial charge on any atom is 0.435 e. The number of benzene rings is 1. The van der Waals surface area contributed by atoms with Gasteiger partial charge < -0.3 is 17.8 Å². The molecule has 0 saturated heterocycles. The lowest BCUT2D eigenvalue weighted by atomic mass is 9.21. The standard InChI is InChI=1S/C16H36BN.C14H23B.C11H26BN.C11H24F2Si.C11H25FSi.C10H23FSi.C8H18F2Si/c1-13(2)18(14(3)4)17(11-15(5,6)7)12-16(8,9)10;1-13(2,3)15(14(4,5)6)12-10-8-7-9-11-12;1-10(2,3)9-12(13(7)8)11(4,5)6;1-9(2,3)11(12,13)14(7,8)10(4,5)6;1-10(2,3)8-13(7,12)9-11(4,5)6;1-9(2,3)8-12(7,11)10(4,5)6;1-7(2,3)11(9,10)8(4,5)6/h13-14H,11-12H2,1-10H3;7-11H,1-6H3;9H2,1-8H3;1-8H3;8-9H2,1-7H3;8H2,1-7H3;1-6H3. The highest BCUT2D eigenvalue weighted by Crippen LogP contribution is 2.54. The van der Waals surface area contributed by atoms with Crippen molar-refractivity contribution in [3.8, 4) is 0 Å². The van der Waals surface area contributed by atoms with Gasteiger partial charge in [-0.25, -0.2) is 8.78 Å². The molecule has 0 fully saturated rings. The third-order valence-corrected chi connectivity index (χ3v) is 36.6. The van der Waals surface area contributed by atoms with E-state index in [1.807, 2.05) is 54.6 Å². The molecule has 0 heterocycles. The van der Waals surface area contributed by atoms with Gasteiger partial charge in [-0.15, -0.1) is 0 Å². The molecule has 576 valence electrons. The SMILES string of the molecule is CC(C)(C)B(c1ccccc1)C(C)(C)C.CC(C)(C)C(F)(F)[Si](C)(C)C(C)(C)C.CC(C)(C)C[Si](C)(F)C(C)(C)C.CC(C)(C)C[Si](C)(F)CC(C)(C)C.CC(C)(C)[Si](F)(F)C(C)(C)C.CC(C)N(B(CC(C)(C)C)CC(C)(C)C)C(C)C.CN(C)B(CC(C)(C)C)C(C)(C)C. The van der Waals surface area contributed by atoms with Gasteiger partial charge >= 0.3 is 8.74 Å². The Labute approximate surface area is 608 Å². The molecule has 0 saturated carbocycles. The fourth-order valence-corrected chi connectivity index (χ4v) is 26.1. The molecular weight excluding hydrogens is 1260 g/mol. The minimum Gasteiger partial charge on any atom is -0.347 e. The van der Waals surface area contributed by atoms with Crippen molar-refractivity contribution >= 4 is 59.5 Å². The Morgan fingerprint density at radius 1 is 0.375 bits per heavy atom. The van der Waals surface area contributed by atoms with Crippen LogP contribution >= 0.6 is 0 Å². The summed E-state index contributed by atoms with van der Waals surface area (Å²) in [5.74, 6) is 0. The molecule has 0 aliphatic heterocycles. The maximum absolute atomic E-state index is 14.3. The summed E-state index contributed by atoms with van der Waals surface area (Å²) in [6, 6.07) is 14.4. The van der Waals surface area contributed by atoms with Crippen molar-refractivity contribution in [2.75, 3.05) is 14.1 Å². The minimum absolute atomic E-state index is 0.125. The van der Waals surface area contributed by atoms with E-state index in [2.05, 4.69) is 269 Å². The number of alkyl halides is 2. The van der Waals surface area contributed by atoms with Crippen molar-refractivity contribution in [2.45, 2.75) is 435 Å². The molecule has 0 radical (unpaired) electrons. The van der Waals surface area contributed by atoms with Gasteiger partial charge in [0.05, 0.1) is 0 Å². The van der Waals surface area contributed by atoms with Gasteiger partial charge in [-0.2, -0.15) is 0 Å². The van der Waals surface area contributed by atoms with Crippen molar-refractivity contribution in [2.24, 2.45) is 37.9 Å². The summed E-state index contributed by atoms with van der Waals surface area (Å²) in [6.45, 7) is 106. The highest BCUT2D eigenvalue weighted by atomic mass is 28.4. The van der Waals surface area contributed by atoms with E-state index < -0.39 is 54.7 Å². The molecule has 1 aromatic carbocycles. The van der Waals surface area contributed by atoms with Crippen LogP contribution < -0.4 is 5.46 Å². The molecule has 2 nitrogen and oxygen atoms in total. The van der Waals surface area contributed by atoms with Crippen molar-refractivity contribution in [1.29, 1.82) is 0 Å². The first-order valence-corrected chi connectivity index (χ1v) is 47.5. The van der Waals surface area contributed by atoms with E-state index in [0.717, 1.165) is 18.1 Å². The van der Waals surface area contributed by atoms with E-state index >= 15 is 0 Å². The van der Waals surface area contributed by atoms with Gasteiger partial charge in [0.2, 0.25) is 36.1 Å². The lowest BCUT2D eigenvalue weighted by Crippen LogP contribution is -2.60. The average molecular weight is 1440 g/mol. The lowest BCUT2D eigenvalue weighted by Gasteiger charge is -2.48. The molecule has 96 heavy (non-hydrogen) atoms. The predicted molar refractivity (Wildman–Crippen MR) is 448 cm³/mol. The number of rotatable bonds is 12. The molecule has 0 amide bonds. The molecular formula is C81H175B3F6N2Si4. The van der Waals surface area contributed by atoms with Crippen LogP contribution in [0.15, 0.2) is 30.3 Å². The van der Waals surface area contributed by atoms with Gasteiger partial charge in [0.25, 0.3) is 0 Å². The second kappa shape index (κ2) is 37.7. The summed E-state index contributed by atoms with van der Waals surface area (Å²) in [4.78, 5) is 5.06. The smallest absolute Gasteiger partial charge is 0.347 e. The Morgan fingerprint density at radius 3 is 0.792 bits per heavy atom. The Kier molecular flexibility index (Phi) is 41.9. The van der Waals surface area contributed by atoms with Crippen molar-refractivity contribution in [3.05, 3.63) is 30.3 Å². The second-order valence-corrected chi connectivity index (χ2v) is 64.2. The second-order valence-electron chi connectivity index (χ2n) is 46.9. The van der Waals surface area contributed by atoms with Gasteiger partial charge in [-0.1, -0.05) is 397 Å². The van der Waals surface area contributed by atoms with E-state index in [1.165, 1.54) is 24.4 Å². The molecule has 0 aliphatic rings. The zero-order chi connectivity index (χ0) is 79.9. The molecule has 1 unspecified atom stereocenters. The van der Waals surface area contributed by atoms with E-state index in [-0.39, 0.29) is 26.3 Å². The first-order valence-electron chi connectivity index (χ1n) is 37.3. The van der Waals surface area contributed by atoms with Crippen LogP contribution in [0, 0.1) is 37.9 Å². The monoisotopic (exact) mass is 1440 g/mol. The summed E-state index contributed by atoms with van der Waals surface area (Å²) in [7, 11) is -7.36. The van der Waals surface area contributed by atoms with Crippen LogP contribution in [0.5, 0.6) is 0 Å².